The van der Waals surface area contributed by atoms with Crippen molar-refractivity contribution in [2.45, 2.75) is 13.5 Å². The van der Waals surface area contributed by atoms with Crippen LogP contribution in [-0.4, -0.2) is 14.1 Å². The van der Waals surface area contributed by atoms with Gasteiger partial charge in [-0.15, -0.1) is 0 Å². The molecule has 2 aromatic carbocycles. The first-order valence-electron chi connectivity index (χ1n) is 6.31. The maximum absolute atomic E-state index is 5.78. The smallest absolute Gasteiger partial charge is 0.120 e. The Hall–Kier alpha value is -2.16. The van der Waals surface area contributed by atoms with Crippen molar-refractivity contribution in [2.24, 2.45) is 0 Å². The summed E-state index contributed by atoms with van der Waals surface area (Å²) >= 11 is 0. The lowest BCUT2D eigenvalue weighted by atomic mass is 10.2. The summed E-state index contributed by atoms with van der Waals surface area (Å²) < 4.78 is 5.76. The number of nitrogens with two attached hydrogens (primary N) is 1. The van der Waals surface area contributed by atoms with E-state index < -0.39 is 0 Å². The van der Waals surface area contributed by atoms with Crippen LogP contribution in [0, 0.1) is 6.92 Å². The van der Waals surface area contributed by atoms with Crippen LogP contribution in [0.1, 0.15) is 11.1 Å². The van der Waals surface area contributed by atoms with Gasteiger partial charge in [0, 0.05) is 25.5 Å². The Kier molecular flexibility index (Phi) is 3.95. The molecule has 0 bridgehead atoms. The van der Waals surface area contributed by atoms with Crippen molar-refractivity contribution in [1.29, 1.82) is 0 Å². The molecule has 0 aliphatic rings. The van der Waals surface area contributed by atoms with Crippen molar-refractivity contribution in [3.63, 3.8) is 0 Å². The van der Waals surface area contributed by atoms with Crippen molar-refractivity contribution in [2.75, 3.05) is 24.7 Å². The molecule has 0 fully saturated rings. The van der Waals surface area contributed by atoms with Crippen LogP contribution in [-0.2, 0) is 6.61 Å². The molecular formula is C16H20N2O. The molecular weight excluding hydrogens is 236 g/mol. The predicted molar refractivity (Wildman–Crippen MR) is 80.7 cm³/mol. The third-order valence-electron chi connectivity index (χ3n) is 3.10. The Bertz CT molecular complexity index is 547. The first-order chi connectivity index (χ1) is 9.06. The quantitative estimate of drug-likeness (QED) is 0.854. The van der Waals surface area contributed by atoms with Gasteiger partial charge in [-0.25, -0.2) is 0 Å². The molecule has 0 heterocycles. The Morgan fingerprint density at radius 1 is 1.05 bits per heavy atom. The molecule has 2 aromatic rings. The van der Waals surface area contributed by atoms with Crippen LogP contribution in [0.15, 0.2) is 42.5 Å². The summed E-state index contributed by atoms with van der Waals surface area (Å²) in [5, 5.41) is 0. The Labute approximate surface area is 114 Å². The highest BCUT2D eigenvalue weighted by molar-refractivity contribution is 5.49. The summed E-state index contributed by atoms with van der Waals surface area (Å²) in [6, 6.07) is 14.1. The monoisotopic (exact) mass is 256 g/mol. The fourth-order valence-electron chi connectivity index (χ4n) is 1.79. The number of ether oxygens (including phenoxy) is 1. The van der Waals surface area contributed by atoms with Gasteiger partial charge in [-0.2, -0.15) is 0 Å². The molecule has 2 rings (SSSR count). The second-order valence-electron chi connectivity index (χ2n) is 4.87. The number of nitrogens with zero attached hydrogens (tertiary/aromatic N) is 1. The van der Waals surface area contributed by atoms with Crippen molar-refractivity contribution in [1.82, 2.24) is 0 Å². The van der Waals surface area contributed by atoms with E-state index in [1.54, 1.807) is 0 Å². The SMILES string of the molecule is Cc1cc(OCc2ccc(N(C)C)cc2)ccc1N. The van der Waals surface area contributed by atoms with Crippen molar-refractivity contribution in [3.8, 4) is 5.75 Å². The summed E-state index contributed by atoms with van der Waals surface area (Å²) in [6.07, 6.45) is 0. The predicted octanol–water partition coefficient (Wildman–Crippen LogP) is 3.22. The summed E-state index contributed by atoms with van der Waals surface area (Å²) in [5.74, 6) is 0.850. The lowest BCUT2D eigenvalue weighted by molar-refractivity contribution is 0.306. The molecule has 0 spiro atoms. The van der Waals surface area contributed by atoms with Crippen molar-refractivity contribution < 1.29 is 4.74 Å². The van der Waals surface area contributed by atoms with E-state index in [2.05, 4.69) is 29.2 Å². The van der Waals surface area contributed by atoms with E-state index in [4.69, 9.17) is 10.5 Å². The molecule has 0 aromatic heterocycles. The first-order valence-corrected chi connectivity index (χ1v) is 6.31. The molecule has 3 nitrogen and oxygen atoms in total. The molecule has 0 aliphatic carbocycles. The minimum absolute atomic E-state index is 0.567. The van der Waals surface area contributed by atoms with E-state index in [0.717, 1.165) is 22.6 Å². The van der Waals surface area contributed by atoms with Gasteiger partial charge < -0.3 is 15.4 Å². The standard InChI is InChI=1S/C16H20N2O/c1-12-10-15(8-9-16(12)17)19-11-13-4-6-14(7-5-13)18(2)3/h4-10H,11,17H2,1-3H3. The van der Waals surface area contributed by atoms with Crippen LogP contribution in [0.4, 0.5) is 11.4 Å². The molecule has 0 amide bonds. The van der Waals surface area contributed by atoms with Crippen molar-refractivity contribution >= 4 is 11.4 Å². The zero-order valence-corrected chi connectivity index (χ0v) is 11.7. The number of anilines is 2. The number of rotatable bonds is 4. The average Bonchev–Trinajstić information content (AvgIpc) is 2.40. The number of hydrogen-bond acceptors (Lipinski definition) is 3. The van der Waals surface area contributed by atoms with Crippen molar-refractivity contribution in [3.05, 3.63) is 53.6 Å². The van der Waals surface area contributed by atoms with E-state index in [1.807, 2.05) is 39.2 Å². The number of aryl methyl sites for hydroxylation is 1. The maximum Gasteiger partial charge on any atom is 0.120 e. The van der Waals surface area contributed by atoms with Gasteiger partial charge in [0.1, 0.15) is 12.4 Å². The molecule has 0 saturated heterocycles. The molecule has 0 atom stereocenters. The van der Waals surface area contributed by atoms with Crippen LogP contribution in [0.25, 0.3) is 0 Å². The molecule has 3 heteroatoms. The molecule has 19 heavy (non-hydrogen) atoms. The van der Waals surface area contributed by atoms with Gasteiger partial charge in [0.2, 0.25) is 0 Å². The highest BCUT2D eigenvalue weighted by Crippen LogP contribution is 2.20. The number of nitrogen functional groups attached to an aromatic ring is 1. The van der Waals surface area contributed by atoms with E-state index in [-0.39, 0.29) is 0 Å². The lowest BCUT2D eigenvalue weighted by Gasteiger charge is -2.13. The van der Waals surface area contributed by atoms with Gasteiger partial charge in [0.05, 0.1) is 0 Å². The van der Waals surface area contributed by atoms with E-state index in [1.165, 1.54) is 5.69 Å². The van der Waals surface area contributed by atoms with Gasteiger partial charge in [0.25, 0.3) is 0 Å². The zero-order chi connectivity index (χ0) is 13.8. The second kappa shape index (κ2) is 5.65. The average molecular weight is 256 g/mol. The molecule has 100 valence electrons. The molecule has 0 unspecified atom stereocenters. The molecule has 0 saturated carbocycles. The molecule has 0 radical (unpaired) electrons. The third-order valence-corrected chi connectivity index (χ3v) is 3.10. The van der Waals surface area contributed by atoms with Crippen LogP contribution in [0.5, 0.6) is 5.75 Å². The Balaban J connectivity index is 2.00. The largest absolute Gasteiger partial charge is 0.489 e. The van der Waals surface area contributed by atoms with Crippen LogP contribution in [0.2, 0.25) is 0 Å². The van der Waals surface area contributed by atoms with Gasteiger partial charge >= 0.3 is 0 Å². The van der Waals surface area contributed by atoms with Gasteiger partial charge in [-0.05, 0) is 48.4 Å². The highest BCUT2D eigenvalue weighted by atomic mass is 16.5. The maximum atomic E-state index is 5.78. The number of hydrogen-bond donors (Lipinski definition) is 1. The van der Waals surface area contributed by atoms with E-state index >= 15 is 0 Å². The van der Waals surface area contributed by atoms with Crippen LogP contribution < -0.4 is 15.4 Å². The molecule has 2 N–H and O–H groups in total. The fourth-order valence-corrected chi connectivity index (χ4v) is 1.79. The van der Waals surface area contributed by atoms with Gasteiger partial charge in [0.15, 0.2) is 0 Å². The first kappa shape index (κ1) is 13.3. The number of benzene rings is 2. The minimum atomic E-state index is 0.567. The van der Waals surface area contributed by atoms with Gasteiger partial charge in [-0.3, -0.25) is 0 Å². The summed E-state index contributed by atoms with van der Waals surface area (Å²) in [5.41, 5.74) is 9.96. The normalized spacial score (nSPS) is 10.3. The second-order valence-corrected chi connectivity index (χ2v) is 4.87. The Morgan fingerprint density at radius 2 is 1.74 bits per heavy atom. The highest BCUT2D eigenvalue weighted by Gasteiger charge is 2.00. The Morgan fingerprint density at radius 3 is 2.32 bits per heavy atom. The fraction of sp³-hybridized carbons (Fsp3) is 0.250. The van der Waals surface area contributed by atoms with Crippen LogP contribution >= 0.6 is 0 Å². The summed E-state index contributed by atoms with van der Waals surface area (Å²) in [6.45, 7) is 2.55. The molecule has 0 aliphatic heterocycles. The van der Waals surface area contributed by atoms with Crippen LogP contribution in [0.3, 0.4) is 0 Å². The topological polar surface area (TPSA) is 38.5 Å². The lowest BCUT2D eigenvalue weighted by Crippen LogP contribution is -2.08. The summed E-state index contributed by atoms with van der Waals surface area (Å²) in [7, 11) is 4.06. The summed E-state index contributed by atoms with van der Waals surface area (Å²) in [4.78, 5) is 2.08. The van der Waals surface area contributed by atoms with E-state index in [0.29, 0.717) is 6.61 Å². The van der Waals surface area contributed by atoms with E-state index in [9.17, 15) is 0 Å². The minimum Gasteiger partial charge on any atom is -0.489 e. The van der Waals surface area contributed by atoms with Gasteiger partial charge in [-0.1, -0.05) is 12.1 Å². The zero-order valence-electron chi connectivity index (χ0n) is 11.7. The third kappa shape index (κ3) is 3.41.